The van der Waals surface area contributed by atoms with Crippen molar-refractivity contribution in [1.82, 2.24) is 0 Å². The Morgan fingerprint density at radius 2 is 0.571 bits per heavy atom. The first-order valence-corrected chi connectivity index (χ1v) is 36.8. The van der Waals surface area contributed by atoms with E-state index >= 15 is 0 Å². The van der Waals surface area contributed by atoms with Crippen molar-refractivity contribution < 1.29 is 80.2 Å². The number of ether oxygens (including phenoxy) is 4. The molecule has 7 atom stereocenters. The number of phosphoric ester groups is 2. The van der Waals surface area contributed by atoms with Crippen LogP contribution in [-0.2, 0) is 65.4 Å². The van der Waals surface area contributed by atoms with Crippen LogP contribution < -0.4 is 0 Å². The second kappa shape index (κ2) is 55.2. The number of aliphatic hydroxyl groups is 1. The van der Waals surface area contributed by atoms with Gasteiger partial charge in [-0.15, -0.1) is 0 Å². The fourth-order valence-electron chi connectivity index (χ4n) is 9.54. The molecular formula is C65H126O17P2. The zero-order valence-corrected chi connectivity index (χ0v) is 56.3. The van der Waals surface area contributed by atoms with Crippen LogP contribution in [0.15, 0.2) is 0 Å². The Kier molecular flexibility index (Phi) is 53.9. The SMILES string of the molecule is CCC(C)CCCCCCCCCCC(=O)OC[C@H](COP(=O)(O)OCC(O)COP(=O)(O)OC[C@@H](COC(=O)CCCCCCCCCCC(C)C)OC(=O)CCCCCCCCC(C)CC)OC(=O)CCCCCCCCCCC(C)C. The summed E-state index contributed by atoms with van der Waals surface area (Å²) >= 11 is 0. The number of hydrogen-bond acceptors (Lipinski definition) is 15. The first-order valence-electron chi connectivity index (χ1n) is 33.8. The molecule has 0 rings (SSSR count). The van der Waals surface area contributed by atoms with Crippen LogP contribution >= 0.6 is 15.6 Å². The van der Waals surface area contributed by atoms with Gasteiger partial charge in [0.2, 0.25) is 0 Å². The van der Waals surface area contributed by atoms with Gasteiger partial charge in [-0.1, -0.05) is 261 Å². The summed E-state index contributed by atoms with van der Waals surface area (Å²) in [4.78, 5) is 72.3. The lowest BCUT2D eigenvalue weighted by atomic mass is 9.99. The number of esters is 4. The molecule has 498 valence electrons. The average molecular weight is 1240 g/mol. The highest BCUT2D eigenvalue weighted by atomic mass is 31.2. The van der Waals surface area contributed by atoms with E-state index in [1.807, 2.05) is 0 Å². The molecule has 0 aliphatic rings. The molecule has 84 heavy (non-hydrogen) atoms. The summed E-state index contributed by atoms with van der Waals surface area (Å²) in [6.07, 6.45) is 34.9. The van der Waals surface area contributed by atoms with E-state index in [1.165, 1.54) is 116 Å². The normalized spacial score (nSPS) is 15.1. The third-order valence-corrected chi connectivity index (χ3v) is 17.4. The van der Waals surface area contributed by atoms with Crippen molar-refractivity contribution in [3.05, 3.63) is 0 Å². The van der Waals surface area contributed by atoms with Crippen LogP contribution in [0.5, 0.6) is 0 Å². The molecule has 0 radical (unpaired) electrons. The fraction of sp³-hybridized carbons (Fsp3) is 0.938. The molecule has 0 aliphatic heterocycles. The molecule has 5 unspecified atom stereocenters. The Morgan fingerprint density at radius 1 is 0.333 bits per heavy atom. The van der Waals surface area contributed by atoms with E-state index in [1.54, 1.807) is 0 Å². The molecule has 0 aromatic carbocycles. The summed E-state index contributed by atoms with van der Waals surface area (Å²) in [7, 11) is -9.89. The molecule has 19 heteroatoms. The van der Waals surface area contributed by atoms with Crippen LogP contribution in [0.1, 0.15) is 312 Å². The van der Waals surface area contributed by atoms with Gasteiger partial charge in [0.1, 0.15) is 19.3 Å². The number of carbonyl (C=O) groups is 4. The van der Waals surface area contributed by atoms with Crippen LogP contribution in [0, 0.1) is 23.7 Å². The number of hydrogen-bond donors (Lipinski definition) is 3. The predicted molar refractivity (Wildman–Crippen MR) is 335 cm³/mol. The number of aliphatic hydroxyl groups excluding tert-OH is 1. The predicted octanol–water partition coefficient (Wildman–Crippen LogP) is 17.8. The van der Waals surface area contributed by atoms with Gasteiger partial charge in [0.05, 0.1) is 26.4 Å². The number of unbranched alkanes of at least 4 members (excludes halogenated alkanes) is 26. The van der Waals surface area contributed by atoms with Gasteiger partial charge in [-0.2, -0.15) is 0 Å². The van der Waals surface area contributed by atoms with E-state index in [4.69, 9.17) is 37.0 Å². The molecule has 0 fully saturated rings. The topological polar surface area (TPSA) is 237 Å². The van der Waals surface area contributed by atoms with Gasteiger partial charge in [-0.25, -0.2) is 9.13 Å². The lowest BCUT2D eigenvalue weighted by Crippen LogP contribution is -2.30. The number of carbonyl (C=O) groups excluding carboxylic acids is 4. The Morgan fingerprint density at radius 3 is 0.845 bits per heavy atom. The molecule has 0 bridgehead atoms. The Bertz CT molecular complexity index is 1680. The van der Waals surface area contributed by atoms with E-state index in [0.717, 1.165) is 114 Å². The van der Waals surface area contributed by atoms with Crippen LogP contribution in [-0.4, -0.2) is 96.7 Å². The Labute approximate surface area is 511 Å². The summed E-state index contributed by atoms with van der Waals surface area (Å²) in [6, 6.07) is 0. The van der Waals surface area contributed by atoms with Gasteiger partial charge in [0, 0.05) is 25.7 Å². The third kappa shape index (κ3) is 56.6. The van der Waals surface area contributed by atoms with Crippen LogP contribution in [0.3, 0.4) is 0 Å². The minimum atomic E-state index is -4.95. The van der Waals surface area contributed by atoms with Gasteiger partial charge < -0.3 is 33.8 Å². The van der Waals surface area contributed by atoms with Gasteiger partial charge in [0.15, 0.2) is 12.2 Å². The second-order valence-electron chi connectivity index (χ2n) is 24.9. The van der Waals surface area contributed by atoms with Crippen molar-refractivity contribution in [2.45, 2.75) is 331 Å². The highest BCUT2D eigenvalue weighted by molar-refractivity contribution is 7.47. The van der Waals surface area contributed by atoms with Crippen molar-refractivity contribution in [2.75, 3.05) is 39.6 Å². The summed E-state index contributed by atoms with van der Waals surface area (Å²) in [6.45, 7) is 14.0. The van der Waals surface area contributed by atoms with Crippen molar-refractivity contribution in [1.29, 1.82) is 0 Å². The monoisotopic (exact) mass is 1240 g/mol. The number of phosphoric acid groups is 2. The zero-order chi connectivity index (χ0) is 62.5. The Balaban J connectivity index is 5.26. The van der Waals surface area contributed by atoms with E-state index in [-0.39, 0.29) is 25.7 Å². The molecular weight excluding hydrogens is 1110 g/mol. The van der Waals surface area contributed by atoms with Crippen molar-refractivity contribution >= 4 is 39.5 Å². The molecule has 0 amide bonds. The summed E-state index contributed by atoms with van der Waals surface area (Å²) in [5, 5.41) is 10.5. The quantitative estimate of drug-likeness (QED) is 0.0222. The van der Waals surface area contributed by atoms with Crippen LogP contribution in [0.2, 0.25) is 0 Å². The van der Waals surface area contributed by atoms with Gasteiger partial charge in [-0.05, 0) is 49.4 Å². The van der Waals surface area contributed by atoms with E-state index in [0.29, 0.717) is 25.7 Å². The molecule has 0 saturated carbocycles. The molecule has 0 heterocycles. The first-order chi connectivity index (χ1) is 40.2. The van der Waals surface area contributed by atoms with Gasteiger partial charge in [0.25, 0.3) is 0 Å². The third-order valence-electron chi connectivity index (χ3n) is 15.5. The average Bonchev–Trinajstić information content (AvgIpc) is 3.52. The molecule has 17 nitrogen and oxygen atoms in total. The van der Waals surface area contributed by atoms with Gasteiger partial charge >= 0.3 is 39.5 Å². The molecule has 0 aromatic rings. The molecule has 0 aromatic heterocycles. The van der Waals surface area contributed by atoms with E-state index < -0.39 is 97.5 Å². The van der Waals surface area contributed by atoms with E-state index in [2.05, 4.69) is 55.4 Å². The fourth-order valence-corrected chi connectivity index (χ4v) is 11.1. The minimum absolute atomic E-state index is 0.102. The highest BCUT2D eigenvalue weighted by Crippen LogP contribution is 2.45. The zero-order valence-electron chi connectivity index (χ0n) is 54.5. The maximum atomic E-state index is 13.0. The molecule has 0 saturated heterocycles. The maximum absolute atomic E-state index is 13.0. The first kappa shape index (κ1) is 82.1. The van der Waals surface area contributed by atoms with Crippen molar-refractivity contribution in [3.8, 4) is 0 Å². The summed E-state index contributed by atoms with van der Waals surface area (Å²) in [5.41, 5.74) is 0. The smallest absolute Gasteiger partial charge is 0.462 e. The molecule has 0 aliphatic carbocycles. The lowest BCUT2D eigenvalue weighted by molar-refractivity contribution is -0.161. The van der Waals surface area contributed by atoms with E-state index in [9.17, 15) is 43.2 Å². The number of rotatable bonds is 62. The highest BCUT2D eigenvalue weighted by Gasteiger charge is 2.30. The largest absolute Gasteiger partial charge is 0.472 e. The van der Waals surface area contributed by atoms with Crippen LogP contribution in [0.25, 0.3) is 0 Å². The summed E-state index contributed by atoms with van der Waals surface area (Å²) in [5.74, 6) is 0.801. The standard InChI is InChI=1S/C65H126O17P2/c1-9-57(7)43-35-27-19-13-16-21-30-38-46-63(68)75-51-60(81-64(69)47-39-31-22-15-12-18-26-34-42-56(5)6)53-79-83(71,72)77-49-59(66)50-78-84(73,74)80-54-61(82-65(70)48-40-32-24-23-28-36-44-58(8)10-2)52-76-62(67)45-37-29-20-14-11-17-25-33-41-55(3)4/h55-61,66H,9-54H2,1-8H3,(H,71,72)(H,73,74)/t57?,58?,59?,60-,61-/m1/s1. The second-order valence-corrected chi connectivity index (χ2v) is 27.8. The summed E-state index contributed by atoms with van der Waals surface area (Å²) < 4.78 is 68.0. The lowest BCUT2D eigenvalue weighted by Gasteiger charge is -2.21. The van der Waals surface area contributed by atoms with Crippen molar-refractivity contribution in [3.63, 3.8) is 0 Å². The van der Waals surface area contributed by atoms with Crippen molar-refractivity contribution in [2.24, 2.45) is 23.7 Å². The maximum Gasteiger partial charge on any atom is 0.472 e. The molecule has 0 spiro atoms. The Hall–Kier alpha value is -1.94. The van der Waals surface area contributed by atoms with Crippen LogP contribution in [0.4, 0.5) is 0 Å². The van der Waals surface area contributed by atoms with Gasteiger partial charge in [-0.3, -0.25) is 37.3 Å². The molecule has 3 N–H and O–H groups in total. The minimum Gasteiger partial charge on any atom is -0.462 e.